The third kappa shape index (κ3) is 4.04. The van der Waals surface area contributed by atoms with E-state index in [0.29, 0.717) is 26.5 Å². The molecule has 126 valence electrons. The molecule has 0 aliphatic rings. The first-order valence-corrected chi connectivity index (χ1v) is 7.92. The number of carbonyl (C=O) groups excluding carboxylic acids is 1. The third-order valence-electron chi connectivity index (χ3n) is 3.32. The van der Waals surface area contributed by atoms with Gasteiger partial charge in [-0.1, -0.05) is 46.6 Å². The summed E-state index contributed by atoms with van der Waals surface area (Å²) in [5.74, 6) is -0.645. The fourth-order valence-corrected chi connectivity index (χ4v) is 2.55. The summed E-state index contributed by atoms with van der Waals surface area (Å²) < 4.78 is 5.98. The lowest BCUT2D eigenvalue weighted by molar-refractivity contribution is -0.141. The third-order valence-corrected chi connectivity index (χ3v) is 3.88. The molecule has 6 nitrogen and oxygen atoms in total. The zero-order valence-corrected chi connectivity index (χ0v) is 14.2. The Morgan fingerprint density at radius 3 is 2.80 bits per heavy atom. The van der Waals surface area contributed by atoms with Crippen LogP contribution in [0.25, 0.3) is 17.0 Å². The highest BCUT2D eigenvalue weighted by Gasteiger charge is 2.06. The van der Waals surface area contributed by atoms with Crippen LogP contribution in [0.3, 0.4) is 0 Å². The van der Waals surface area contributed by atoms with E-state index in [1.54, 1.807) is 42.5 Å². The molecule has 8 heteroatoms. The second-order valence-corrected chi connectivity index (χ2v) is 5.85. The van der Waals surface area contributed by atoms with Gasteiger partial charge >= 0.3 is 5.97 Å². The highest BCUT2D eigenvalue weighted by Crippen LogP contribution is 2.21. The Morgan fingerprint density at radius 2 is 2.00 bits per heavy atom. The predicted octanol–water partition coefficient (Wildman–Crippen LogP) is 3.31. The van der Waals surface area contributed by atoms with Crippen LogP contribution in [0.5, 0.6) is 0 Å². The van der Waals surface area contributed by atoms with Gasteiger partial charge in [0.15, 0.2) is 6.73 Å². The van der Waals surface area contributed by atoms with Crippen LogP contribution in [0.1, 0.15) is 5.56 Å². The van der Waals surface area contributed by atoms with Gasteiger partial charge in [0, 0.05) is 16.1 Å². The molecule has 0 atom stereocenters. The van der Waals surface area contributed by atoms with Crippen LogP contribution in [-0.2, 0) is 16.3 Å². The highest BCUT2D eigenvalue weighted by atomic mass is 35.5. The summed E-state index contributed by atoms with van der Waals surface area (Å²) in [6.45, 7) is -0.339. The van der Waals surface area contributed by atoms with Crippen molar-refractivity contribution in [2.24, 2.45) is 0 Å². The Labute approximate surface area is 152 Å². The average Bonchev–Trinajstić information content (AvgIpc) is 2.60. The quantitative estimate of drug-likeness (QED) is 0.516. The Bertz CT molecular complexity index is 1030. The minimum Gasteiger partial charge on any atom is -0.439 e. The second-order valence-electron chi connectivity index (χ2n) is 5.00. The Morgan fingerprint density at radius 1 is 1.20 bits per heavy atom. The maximum absolute atomic E-state index is 12.2. The molecule has 1 heterocycles. The fourth-order valence-electron chi connectivity index (χ4n) is 2.08. The van der Waals surface area contributed by atoms with Crippen LogP contribution in [-0.4, -0.2) is 21.0 Å². The summed E-state index contributed by atoms with van der Waals surface area (Å²) in [5, 5.41) is 8.95. The van der Waals surface area contributed by atoms with Crippen LogP contribution in [0.2, 0.25) is 10.0 Å². The molecule has 0 bridgehead atoms. The van der Waals surface area contributed by atoms with Crippen molar-refractivity contribution in [2.45, 2.75) is 6.73 Å². The first-order valence-electron chi connectivity index (χ1n) is 7.17. The highest BCUT2D eigenvalue weighted by molar-refractivity contribution is 6.35. The number of hydrogen-bond donors (Lipinski definition) is 0. The van der Waals surface area contributed by atoms with Crippen molar-refractivity contribution in [2.75, 3.05) is 0 Å². The number of hydrogen-bond acceptors (Lipinski definition) is 5. The van der Waals surface area contributed by atoms with Crippen molar-refractivity contribution < 1.29 is 9.53 Å². The molecule has 3 aromatic rings. The smallest absolute Gasteiger partial charge is 0.332 e. The molecule has 0 aliphatic heterocycles. The number of halogens is 2. The molecule has 0 amide bonds. The summed E-state index contributed by atoms with van der Waals surface area (Å²) in [5.41, 5.74) is 0.709. The first-order chi connectivity index (χ1) is 12.0. The van der Waals surface area contributed by atoms with Gasteiger partial charge in [-0.25, -0.2) is 4.79 Å². The molecular formula is C17H11Cl2N3O3. The standard InChI is InChI=1S/C17H11Cl2N3O3/c18-12-7-5-11(14(19)9-12)6-8-16(23)25-10-22-17(24)13-3-1-2-4-15(13)20-21-22/h1-9H,10H2. The van der Waals surface area contributed by atoms with Gasteiger partial charge in [0.25, 0.3) is 5.56 Å². The van der Waals surface area contributed by atoms with Crippen LogP contribution >= 0.6 is 23.2 Å². The molecule has 0 unspecified atom stereocenters. The molecule has 2 aromatic carbocycles. The van der Waals surface area contributed by atoms with E-state index in [1.807, 2.05) is 0 Å². The maximum Gasteiger partial charge on any atom is 0.332 e. The number of aromatic nitrogens is 3. The van der Waals surface area contributed by atoms with E-state index in [1.165, 1.54) is 12.2 Å². The van der Waals surface area contributed by atoms with Crippen LogP contribution in [0.15, 0.2) is 53.3 Å². The maximum atomic E-state index is 12.2. The first kappa shape index (κ1) is 17.1. The molecule has 0 saturated carbocycles. The number of nitrogens with zero attached hydrogens (tertiary/aromatic N) is 3. The number of carbonyl (C=O) groups is 1. The van der Waals surface area contributed by atoms with Crippen molar-refractivity contribution >= 4 is 46.2 Å². The van der Waals surface area contributed by atoms with Crippen molar-refractivity contribution in [1.82, 2.24) is 15.0 Å². The van der Waals surface area contributed by atoms with E-state index in [0.717, 1.165) is 4.68 Å². The summed E-state index contributed by atoms with van der Waals surface area (Å²) in [6.07, 6.45) is 2.70. The largest absolute Gasteiger partial charge is 0.439 e. The van der Waals surface area contributed by atoms with Gasteiger partial charge < -0.3 is 4.74 Å². The Hall–Kier alpha value is -2.70. The minimum atomic E-state index is -0.645. The number of ether oxygens (including phenoxy) is 1. The lowest BCUT2D eigenvalue weighted by Gasteiger charge is -2.05. The van der Waals surface area contributed by atoms with Crippen molar-refractivity contribution in [3.8, 4) is 0 Å². The van der Waals surface area contributed by atoms with Crippen LogP contribution < -0.4 is 5.56 Å². The number of rotatable bonds is 4. The second kappa shape index (κ2) is 7.46. The van der Waals surface area contributed by atoms with Crippen molar-refractivity contribution in [3.63, 3.8) is 0 Å². The predicted molar refractivity (Wildman–Crippen MR) is 95.4 cm³/mol. The fraction of sp³-hybridized carbons (Fsp3) is 0.0588. The van der Waals surface area contributed by atoms with Crippen molar-refractivity contribution in [1.29, 1.82) is 0 Å². The molecule has 0 fully saturated rings. The van der Waals surface area contributed by atoms with E-state index in [2.05, 4.69) is 10.3 Å². The summed E-state index contributed by atoms with van der Waals surface area (Å²) in [4.78, 5) is 24.0. The van der Waals surface area contributed by atoms with Gasteiger partial charge in [-0.2, -0.15) is 4.68 Å². The van der Waals surface area contributed by atoms with Gasteiger partial charge in [0.1, 0.15) is 5.52 Å². The lowest BCUT2D eigenvalue weighted by Crippen LogP contribution is -2.26. The number of esters is 1. The molecule has 3 rings (SSSR count). The monoisotopic (exact) mass is 375 g/mol. The molecular weight excluding hydrogens is 365 g/mol. The number of fused-ring (bicyclic) bond motifs is 1. The SMILES string of the molecule is O=C(C=Cc1ccc(Cl)cc1Cl)OCn1nnc2ccccc2c1=O. The molecule has 0 saturated heterocycles. The molecule has 25 heavy (non-hydrogen) atoms. The van der Waals surface area contributed by atoms with E-state index in [4.69, 9.17) is 27.9 Å². The Balaban J connectivity index is 1.69. The summed E-state index contributed by atoms with van der Waals surface area (Å²) in [6, 6.07) is 11.7. The topological polar surface area (TPSA) is 74.1 Å². The lowest BCUT2D eigenvalue weighted by atomic mass is 10.2. The van der Waals surface area contributed by atoms with Gasteiger partial charge in [-0.15, -0.1) is 5.10 Å². The molecule has 0 aliphatic carbocycles. The summed E-state index contributed by atoms with van der Waals surface area (Å²) >= 11 is 11.8. The Kier molecular flexibility index (Phi) is 5.11. The van der Waals surface area contributed by atoms with E-state index in [9.17, 15) is 9.59 Å². The zero-order valence-electron chi connectivity index (χ0n) is 12.7. The molecule has 0 radical (unpaired) electrons. The van der Waals surface area contributed by atoms with Crippen LogP contribution in [0, 0.1) is 0 Å². The van der Waals surface area contributed by atoms with Gasteiger partial charge in [-0.3, -0.25) is 4.79 Å². The van der Waals surface area contributed by atoms with Gasteiger partial charge in [0.05, 0.1) is 5.39 Å². The van der Waals surface area contributed by atoms with E-state index >= 15 is 0 Å². The number of benzene rings is 2. The average molecular weight is 376 g/mol. The van der Waals surface area contributed by atoms with Crippen LogP contribution in [0.4, 0.5) is 0 Å². The van der Waals surface area contributed by atoms with Crippen molar-refractivity contribution in [3.05, 3.63) is 74.5 Å². The van der Waals surface area contributed by atoms with Gasteiger partial charge in [0.2, 0.25) is 0 Å². The van der Waals surface area contributed by atoms with Gasteiger partial charge in [-0.05, 0) is 35.9 Å². The summed E-state index contributed by atoms with van der Waals surface area (Å²) in [7, 11) is 0. The van der Waals surface area contributed by atoms with E-state index < -0.39 is 5.97 Å². The molecule has 0 spiro atoms. The normalized spacial score (nSPS) is 11.1. The zero-order chi connectivity index (χ0) is 17.8. The molecule has 0 N–H and O–H groups in total. The molecule has 1 aromatic heterocycles. The minimum absolute atomic E-state index is 0.339. The van der Waals surface area contributed by atoms with E-state index in [-0.39, 0.29) is 12.3 Å².